The minimum absolute atomic E-state index is 0.169. The fraction of sp³-hybridized carbons (Fsp3) is 0. The van der Waals surface area contributed by atoms with Gasteiger partial charge in [0.2, 0.25) is 5.88 Å². The second-order valence-electron chi connectivity index (χ2n) is 2.87. The van der Waals surface area contributed by atoms with Crippen LogP contribution in [0.25, 0.3) is 0 Å². The van der Waals surface area contributed by atoms with Gasteiger partial charge in [-0.05, 0) is 18.2 Å². The Hall–Kier alpha value is -1.63. The number of carboxylic acids is 1. The molecule has 0 amide bonds. The van der Waals surface area contributed by atoms with E-state index in [1.165, 1.54) is 18.2 Å². The Bertz CT molecular complexity index is 477. The number of aliphatic carboxylic acids is 1. The van der Waals surface area contributed by atoms with E-state index in [1.54, 1.807) is 0 Å². The van der Waals surface area contributed by atoms with Crippen LogP contribution >= 0.6 is 23.2 Å². The third kappa shape index (κ3) is 3.42. The number of hydrogen-bond acceptors (Lipinski definition) is 5. The van der Waals surface area contributed by atoms with E-state index in [4.69, 9.17) is 44.6 Å². The van der Waals surface area contributed by atoms with Crippen LogP contribution in [-0.2, 0) is 4.79 Å². The summed E-state index contributed by atoms with van der Waals surface area (Å²) in [5.41, 5.74) is 6.85. The summed E-state index contributed by atoms with van der Waals surface area (Å²) in [4.78, 5) is 10.7. The molecule has 0 radical (unpaired) electrons. The molecule has 0 aliphatic rings. The van der Waals surface area contributed by atoms with Gasteiger partial charge >= 0.3 is 5.97 Å². The standard InChI is InChI=1S/C9H9Cl2N3O3/c10-4-1-2-6(5(11)3-4)17-8(12)7(14-13)9(15)16/h1-3,14H,12-13H2,(H,15,16)/b8-7+. The largest absolute Gasteiger partial charge is 0.476 e. The van der Waals surface area contributed by atoms with Gasteiger partial charge in [0, 0.05) is 5.02 Å². The number of carboxylic acid groups (broad SMARTS) is 1. The van der Waals surface area contributed by atoms with Crippen molar-refractivity contribution in [2.75, 3.05) is 0 Å². The monoisotopic (exact) mass is 277 g/mol. The number of ether oxygens (including phenoxy) is 1. The average molecular weight is 278 g/mol. The van der Waals surface area contributed by atoms with Crippen LogP contribution in [0.15, 0.2) is 29.8 Å². The van der Waals surface area contributed by atoms with Crippen LogP contribution < -0.4 is 21.7 Å². The maximum atomic E-state index is 10.7. The van der Waals surface area contributed by atoms with Gasteiger partial charge in [0.1, 0.15) is 5.75 Å². The molecule has 8 heteroatoms. The molecule has 6 N–H and O–H groups in total. The number of hydrogen-bond donors (Lipinski definition) is 4. The molecule has 17 heavy (non-hydrogen) atoms. The van der Waals surface area contributed by atoms with Crippen molar-refractivity contribution >= 4 is 29.2 Å². The molecule has 0 saturated carbocycles. The second-order valence-corrected chi connectivity index (χ2v) is 3.71. The molecule has 0 unspecified atom stereocenters. The lowest BCUT2D eigenvalue weighted by Gasteiger charge is -2.10. The summed E-state index contributed by atoms with van der Waals surface area (Å²) in [7, 11) is 0. The molecule has 0 saturated heterocycles. The predicted molar refractivity (Wildman–Crippen MR) is 63.3 cm³/mol. The van der Waals surface area contributed by atoms with Crippen LogP contribution in [-0.4, -0.2) is 11.1 Å². The first-order chi connectivity index (χ1) is 7.95. The fourth-order valence-corrected chi connectivity index (χ4v) is 1.41. The van der Waals surface area contributed by atoms with Crippen LogP contribution in [0.2, 0.25) is 10.0 Å². The van der Waals surface area contributed by atoms with E-state index in [-0.39, 0.29) is 10.8 Å². The van der Waals surface area contributed by atoms with E-state index < -0.39 is 17.5 Å². The van der Waals surface area contributed by atoms with Gasteiger partial charge in [0.25, 0.3) is 0 Å². The van der Waals surface area contributed by atoms with E-state index >= 15 is 0 Å². The van der Waals surface area contributed by atoms with Crippen molar-refractivity contribution in [3.8, 4) is 5.75 Å². The highest BCUT2D eigenvalue weighted by Crippen LogP contribution is 2.28. The molecule has 0 aliphatic heterocycles. The summed E-state index contributed by atoms with van der Waals surface area (Å²) < 4.78 is 5.06. The van der Waals surface area contributed by atoms with Crippen LogP contribution in [0.1, 0.15) is 0 Å². The molecule has 1 aromatic carbocycles. The van der Waals surface area contributed by atoms with Crippen LogP contribution in [0.4, 0.5) is 0 Å². The minimum atomic E-state index is -1.35. The summed E-state index contributed by atoms with van der Waals surface area (Å²) in [5, 5.41) is 9.33. The van der Waals surface area contributed by atoms with Crippen molar-refractivity contribution in [1.29, 1.82) is 0 Å². The van der Waals surface area contributed by atoms with Crippen LogP contribution in [0.3, 0.4) is 0 Å². The highest BCUT2D eigenvalue weighted by Gasteiger charge is 2.14. The van der Waals surface area contributed by atoms with Crippen molar-refractivity contribution in [2.24, 2.45) is 11.6 Å². The fourth-order valence-electron chi connectivity index (χ4n) is 0.966. The molecule has 1 rings (SSSR count). The Morgan fingerprint density at radius 3 is 2.53 bits per heavy atom. The first kappa shape index (κ1) is 13.4. The SMILES string of the molecule is NN/C(C(=O)O)=C(\N)Oc1ccc(Cl)cc1Cl. The maximum absolute atomic E-state index is 10.7. The van der Waals surface area contributed by atoms with Crippen molar-refractivity contribution < 1.29 is 14.6 Å². The zero-order valence-corrected chi connectivity index (χ0v) is 9.92. The first-order valence-electron chi connectivity index (χ1n) is 4.28. The molecule has 0 fully saturated rings. The molecular weight excluding hydrogens is 269 g/mol. The van der Waals surface area contributed by atoms with E-state index in [0.29, 0.717) is 5.02 Å². The maximum Gasteiger partial charge on any atom is 0.358 e. The Morgan fingerprint density at radius 2 is 2.06 bits per heavy atom. The van der Waals surface area contributed by atoms with Gasteiger partial charge in [0.05, 0.1) is 5.02 Å². The quantitative estimate of drug-likeness (QED) is 0.283. The lowest BCUT2D eigenvalue weighted by Crippen LogP contribution is -2.31. The Kier molecular flexibility index (Phi) is 4.45. The smallest absolute Gasteiger partial charge is 0.358 e. The molecule has 92 valence electrons. The van der Waals surface area contributed by atoms with Gasteiger partial charge in [-0.15, -0.1) is 0 Å². The highest BCUT2D eigenvalue weighted by atomic mass is 35.5. The number of halogens is 2. The lowest BCUT2D eigenvalue weighted by atomic mass is 10.3. The van der Waals surface area contributed by atoms with Gasteiger partial charge in [-0.3, -0.25) is 5.84 Å². The van der Waals surface area contributed by atoms with Crippen molar-refractivity contribution in [1.82, 2.24) is 5.43 Å². The molecule has 0 aromatic heterocycles. The zero-order chi connectivity index (χ0) is 13.0. The summed E-state index contributed by atoms with van der Waals surface area (Å²) in [6.07, 6.45) is 0. The predicted octanol–water partition coefficient (Wildman–Crippen LogP) is 1.05. The summed E-state index contributed by atoms with van der Waals surface area (Å²) >= 11 is 11.5. The molecular formula is C9H9Cl2N3O3. The number of rotatable bonds is 4. The molecule has 0 aliphatic carbocycles. The zero-order valence-electron chi connectivity index (χ0n) is 8.41. The number of carbonyl (C=O) groups is 1. The summed E-state index contributed by atoms with van der Waals surface area (Å²) in [5.74, 6) is 3.39. The Morgan fingerprint density at radius 1 is 1.41 bits per heavy atom. The van der Waals surface area contributed by atoms with Crippen LogP contribution in [0, 0.1) is 0 Å². The number of nitrogens with one attached hydrogen (secondary N) is 1. The van der Waals surface area contributed by atoms with Crippen LogP contribution in [0.5, 0.6) is 5.75 Å². The lowest BCUT2D eigenvalue weighted by molar-refractivity contribution is -0.133. The van der Waals surface area contributed by atoms with E-state index in [9.17, 15) is 4.79 Å². The minimum Gasteiger partial charge on any atom is -0.476 e. The molecule has 0 heterocycles. The normalized spacial score (nSPS) is 11.7. The Balaban J connectivity index is 3.01. The number of nitrogens with two attached hydrogens (primary N) is 2. The second kappa shape index (κ2) is 5.62. The van der Waals surface area contributed by atoms with E-state index in [1.807, 2.05) is 5.43 Å². The molecule has 0 atom stereocenters. The van der Waals surface area contributed by atoms with Gasteiger partial charge in [-0.25, -0.2) is 4.79 Å². The number of hydrazine groups is 1. The third-order valence-electron chi connectivity index (χ3n) is 1.72. The van der Waals surface area contributed by atoms with E-state index in [0.717, 1.165) is 0 Å². The average Bonchev–Trinajstić information content (AvgIpc) is 2.22. The van der Waals surface area contributed by atoms with Gasteiger partial charge in [-0.2, -0.15) is 0 Å². The first-order valence-corrected chi connectivity index (χ1v) is 5.04. The Labute approximate surface area is 107 Å². The molecule has 0 bridgehead atoms. The van der Waals surface area contributed by atoms with Gasteiger partial charge in [-0.1, -0.05) is 23.2 Å². The highest BCUT2D eigenvalue weighted by molar-refractivity contribution is 6.35. The van der Waals surface area contributed by atoms with Gasteiger partial charge in [0.15, 0.2) is 5.70 Å². The topological polar surface area (TPSA) is 111 Å². The van der Waals surface area contributed by atoms with Crippen molar-refractivity contribution in [2.45, 2.75) is 0 Å². The molecule has 0 spiro atoms. The van der Waals surface area contributed by atoms with E-state index in [2.05, 4.69) is 0 Å². The van der Waals surface area contributed by atoms with Gasteiger partial charge < -0.3 is 21.0 Å². The third-order valence-corrected chi connectivity index (χ3v) is 2.25. The summed E-state index contributed by atoms with van der Waals surface area (Å²) in [6.45, 7) is 0. The molecule has 6 nitrogen and oxygen atoms in total. The summed E-state index contributed by atoms with van der Waals surface area (Å²) in [6, 6.07) is 4.40. The molecule has 1 aromatic rings. The van der Waals surface area contributed by atoms with Crippen molar-refractivity contribution in [3.63, 3.8) is 0 Å². The van der Waals surface area contributed by atoms with Crippen molar-refractivity contribution in [3.05, 3.63) is 39.8 Å². The number of benzene rings is 1.